The molecule has 1 aliphatic heterocycles. The Hall–Kier alpha value is -0.740. The predicted molar refractivity (Wildman–Crippen MR) is 146 cm³/mol. The molecule has 0 aromatic rings. The van der Waals surface area contributed by atoms with Crippen LogP contribution < -0.4 is 0 Å². The summed E-state index contributed by atoms with van der Waals surface area (Å²) >= 11 is 0. The molecule has 1 amide bonds. The van der Waals surface area contributed by atoms with Crippen molar-refractivity contribution in [2.24, 2.45) is 52.3 Å². The SMILES string of the molecule is CC[C@H]1[C@@H](O)[C@@H]2[C@H](C[C@H](O)[C@]3(C)[C@@H]([C@H](C)CCC(=O)N4CC[C@H](S(=O)(=O)[O-])C4)CC[C@@H]23)[C@@]2(C)CC[C@@H](O)C[C@@H]12. The molecule has 1 heterocycles. The predicted octanol–water partition coefficient (Wildman–Crippen LogP) is 3.15. The van der Waals surface area contributed by atoms with Gasteiger partial charge in [0.2, 0.25) is 5.91 Å². The molecule has 9 heteroatoms. The molecule has 8 nitrogen and oxygen atoms in total. The highest BCUT2D eigenvalue weighted by molar-refractivity contribution is 7.86. The van der Waals surface area contributed by atoms with Crippen LogP contribution in [-0.4, -0.2) is 75.7 Å². The van der Waals surface area contributed by atoms with E-state index in [2.05, 4.69) is 27.7 Å². The zero-order valence-corrected chi connectivity index (χ0v) is 25.0. The van der Waals surface area contributed by atoms with E-state index in [0.29, 0.717) is 25.8 Å². The van der Waals surface area contributed by atoms with Crippen molar-refractivity contribution in [1.29, 1.82) is 0 Å². The van der Waals surface area contributed by atoms with E-state index in [4.69, 9.17) is 0 Å². The van der Waals surface area contributed by atoms with Crippen molar-refractivity contribution >= 4 is 16.0 Å². The lowest BCUT2D eigenvalue weighted by atomic mass is 9.41. The second kappa shape index (κ2) is 10.5. The lowest BCUT2D eigenvalue weighted by Crippen LogP contribution is -2.65. The average Bonchev–Trinajstić information content (AvgIpc) is 3.51. The molecule has 5 rings (SSSR count). The van der Waals surface area contributed by atoms with Gasteiger partial charge >= 0.3 is 0 Å². The summed E-state index contributed by atoms with van der Waals surface area (Å²) in [5.41, 5.74) is -0.303. The molecular formula is C30H50NO7S-. The van der Waals surface area contributed by atoms with Crippen molar-refractivity contribution in [3.63, 3.8) is 0 Å². The van der Waals surface area contributed by atoms with Crippen LogP contribution in [0.3, 0.4) is 0 Å². The lowest BCUT2D eigenvalue weighted by Gasteiger charge is -2.65. The molecule has 0 aromatic heterocycles. The Kier molecular flexibility index (Phi) is 8.02. The second-order valence-corrected chi connectivity index (χ2v) is 16.1. The Balaban J connectivity index is 1.30. The summed E-state index contributed by atoms with van der Waals surface area (Å²) in [5, 5.41) is 33.2. The topological polar surface area (TPSA) is 138 Å². The van der Waals surface area contributed by atoms with Gasteiger partial charge in [-0.3, -0.25) is 4.79 Å². The molecule has 4 aliphatic carbocycles. The van der Waals surface area contributed by atoms with E-state index in [1.165, 1.54) is 4.90 Å². The van der Waals surface area contributed by atoms with Gasteiger partial charge in [-0.15, -0.1) is 0 Å². The fraction of sp³-hybridized carbons (Fsp3) is 0.967. The first-order chi connectivity index (χ1) is 18.2. The van der Waals surface area contributed by atoms with E-state index in [1.54, 1.807) is 0 Å². The van der Waals surface area contributed by atoms with Crippen molar-refractivity contribution in [1.82, 2.24) is 4.90 Å². The standard InChI is InChI=1S/C30H51NO7S/c1-5-20-23-14-18(32)10-12-29(23,3)24-15-25(33)30(4)21(7-8-22(30)27(24)28(20)35)17(2)6-9-26(34)31-13-11-19(16-31)39(36,37)38/h17-25,27-28,32-33,35H,5-16H2,1-4H3,(H,36,37,38)/p-1/t17-,18-,19+,20-,21-,22+,23+,24+,25+,27+,28-,29+,30-/m1/s1. The molecule has 39 heavy (non-hydrogen) atoms. The van der Waals surface area contributed by atoms with Crippen LogP contribution in [0.25, 0.3) is 0 Å². The molecule has 0 radical (unpaired) electrons. The first-order valence-corrected chi connectivity index (χ1v) is 17.0. The second-order valence-electron chi connectivity index (χ2n) is 14.5. The molecule has 0 unspecified atom stereocenters. The molecule has 0 aromatic carbocycles. The van der Waals surface area contributed by atoms with Gasteiger partial charge in [-0.05, 0) is 104 Å². The highest BCUT2D eigenvalue weighted by Gasteiger charge is 2.67. The molecule has 5 fully saturated rings. The van der Waals surface area contributed by atoms with Crippen molar-refractivity contribution in [2.75, 3.05) is 13.1 Å². The Morgan fingerprint density at radius 2 is 1.77 bits per heavy atom. The molecule has 0 bridgehead atoms. The number of aliphatic hydroxyl groups is 3. The fourth-order valence-electron chi connectivity index (χ4n) is 10.8. The molecule has 13 atom stereocenters. The van der Waals surface area contributed by atoms with Gasteiger partial charge in [0.15, 0.2) is 0 Å². The van der Waals surface area contributed by atoms with Gasteiger partial charge in [0.05, 0.1) is 33.7 Å². The summed E-state index contributed by atoms with van der Waals surface area (Å²) in [6, 6.07) is 0. The van der Waals surface area contributed by atoms with Crippen LogP contribution in [0.2, 0.25) is 0 Å². The minimum atomic E-state index is -4.38. The number of amides is 1. The number of carbonyl (C=O) groups is 1. The number of hydrogen-bond acceptors (Lipinski definition) is 7. The first-order valence-electron chi connectivity index (χ1n) is 15.5. The number of aliphatic hydroxyl groups excluding tert-OH is 3. The molecule has 4 saturated carbocycles. The summed E-state index contributed by atoms with van der Waals surface area (Å²) in [5.74, 6) is 1.42. The molecule has 1 saturated heterocycles. The normalized spacial score (nSPS) is 48.8. The van der Waals surface area contributed by atoms with Crippen LogP contribution >= 0.6 is 0 Å². The highest BCUT2D eigenvalue weighted by Crippen LogP contribution is 2.69. The van der Waals surface area contributed by atoms with Gasteiger partial charge in [0.25, 0.3) is 0 Å². The Morgan fingerprint density at radius 1 is 1.05 bits per heavy atom. The monoisotopic (exact) mass is 568 g/mol. The molecule has 3 N–H and O–H groups in total. The number of nitrogens with zero attached hydrogens (tertiary/aromatic N) is 1. The third kappa shape index (κ3) is 4.80. The smallest absolute Gasteiger partial charge is 0.222 e. The van der Waals surface area contributed by atoms with Crippen LogP contribution in [0.1, 0.15) is 91.9 Å². The van der Waals surface area contributed by atoms with Crippen molar-refractivity contribution in [3.05, 3.63) is 0 Å². The van der Waals surface area contributed by atoms with Crippen molar-refractivity contribution in [3.8, 4) is 0 Å². The van der Waals surface area contributed by atoms with E-state index < -0.39 is 27.6 Å². The van der Waals surface area contributed by atoms with Gasteiger partial charge in [0.1, 0.15) is 0 Å². The zero-order chi connectivity index (χ0) is 28.5. The minimum absolute atomic E-state index is 0.00266. The largest absolute Gasteiger partial charge is 0.748 e. The summed E-state index contributed by atoms with van der Waals surface area (Å²) in [6.45, 7) is 9.25. The third-order valence-corrected chi connectivity index (χ3v) is 14.2. The summed E-state index contributed by atoms with van der Waals surface area (Å²) in [7, 11) is -4.38. The molecule has 224 valence electrons. The summed E-state index contributed by atoms with van der Waals surface area (Å²) in [4.78, 5) is 14.4. The Labute approximate surface area is 234 Å². The van der Waals surface area contributed by atoms with E-state index in [0.717, 1.165) is 38.5 Å². The van der Waals surface area contributed by atoms with Gasteiger partial charge in [-0.2, -0.15) is 0 Å². The maximum Gasteiger partial charge on any atom is 0.222 e. The maximum absolute atomic E-state index is 12.9. The van der Waals surface area contributed by atoms with Gasteiger partial charge < -0.3 is 24.8 Å². The Morgan fingerprint density at radius 3 is 2.41 bits per heavy atom. The quantitative estimate of drug-likeness (QED) is 0.419. The lowest BCUT2D eigenvalue weighted by molar-refractivity contribution is -0.228. The zero-order valence-electron chi connectivity index (χ0n) is 24.2. The minimum Gasteiger partial charge on any atom is -0.748 e. The maximum atomic E-state index is 12.9. The summed E-state index contributed by atoms with van der Waals surface area (Å²) in [6.07, 6.45) is 6.04. The molecule has 0 spiro atoms. The van der Waals surface area contributed by atoms with E-state index >= 15 is 0 Å². The first kappa shape index (κ1) is 29.7. The third-order valence-electron chi connectivity index (χ3n) is 13.0. The van der Waals surface area contributed by atoms with Crippen LogP contribution in [0, 0.1) is 52.3 Å². The van der Waals surface area contributed by atoms with Crippen LogP contribution in [0.4, 0.5) is 0 Å². The van der Waals surface area contributed by atoms with Crippen LogP contribution in [0.5, 0.6) is 0 Å². The summed E-state index contributed by atoms with van der Waals surface area (Å²) < 4.78 is 34.1. The van der Waals surface area contributed by atoms with Crippen LogP contribution in [-0.2, 0) is 14.9 Å². The van der Waals surface area contributed by atoms with E-state index in [1.807, 2.05) is 0 Å². The van der Waals surface area contributed by atoms with Crippen LogP contribution in [0.15, 0.2) is 0 Å². The van der Waals surface area contributed by atoms with Crippen molar-refractivity contribution < 1.29 is 33.1 Å². The fourth-order valence-corrected chi connectivity index (χ4v) is 11.5. The van der Waals surface area contributed by atoms with Crippen molar-refractivity contribution in [2.45, 2.75) is 115 Å². The number of fused-ring (bicyclic) bond motifs is 5. The number of rotatable bonds is 6. The van der Waals surface area contributed by atoms with Gasteiger partial charge in [-0.1, -0.05) is 34.1 Å². The average molecular weight is 569 g/mol. The molecule has 5 aliphatic rings. The van der Waals surface area contributed by atoms with Gasteiger partial charge in [0, 0.05) is 19.5 Å². The highest BCUT2D eigenvalue weighted by atomic mass is 32.2. The number of carbonyl (C=O) groups excluding carboxylic acids is 1. The van der Waals surface area contributed by atoms with E-state index in [-0.39, 0.29) is 77.2 Å². The molecular weight excluding hydrogens is 518 g/mol. The number of hydrogen-bond donors (Lipinski definition) is 3. The van der Waals surface area contributed by atoms with Gasteiger partial charge in [-0.25, -0.2) is 8.42 Å². The number of likely N-dealkylation sites (tertiary alicyclic amines) is 1. The Bertz CT molecular complexity index is 1040. The van der Waals surface area contributed by atoms with E-state index in [9.17, 15) is 33.1 Å².